The number of aromatic nitrogens is 2. The Labute approximate surface area is 176 Å². The van der Waals surface area contributed by atoms with Gasteiger partial charge in [-0.3, -0.25) is 14.5 Å². The van der Waals surface area contributed by atoms with Crippen molar-refractivity contribution in [1.29, 1.82) is 0 Å². The van der Waals surface area contributed by atoms with E-state index in [0.29, 0.717) is 59.8 Å². The number of aliphatic carboxylic acids is 2. The summed E-state index contributed by atoms with van der Waals surface area (Å²) in [5.41, 5.74) is 0.799. The number of urea groups is 1. The molecule has 2 aromatic rings. The number of carboxylic acid groups (broad SMARTS) is 2. The van der Waals surface area contributed by atoms with E-state index in [2.05, 4.69) is 15.3 Å². The van der Waals surface area contributed by atoms with E-state index in [1.165, 1.54) is 16.2 Å². The minimum atomic E-state index is -0.867. The first-order valence-corrected chi connectivity index (χ1v) is 10.6. The molecule has 0 atom stereocenters. The third-order valence-corrected chi connectivity index (χ3v) is 5.30. The van der Waals surface area contributed by atoms with Gasteiger partial charge in [-0.1, -0.05) is 17.8 Å². The molecular formula is C18H24N4O5S2. The van der Waals surface area contributed by atoms with Crippen LogP contribution in [0, 0.1) is 3.95 Å². The van der Waals surface area contributed by atoms with Crippen LogP contribution in [0.25, 0.3) is 10.3 Å². The second-order valence-corrected chi connectivity index (χ2v) is 8.14. The highest BCUT2D eigenvalue weighted by molar-refractivity contribution is 7.73. The quantitative estimate of drug-likeness (QED) is 0.291. The molecule has 2 heterocycles. The van der Waals surface area contributed by atoms with Crippen molar-refractivity contribution in [3.8, 4) is 0 Å². The zero-order valence-electron chi connectivity index (χ0n) is 15.8. The molecule has 4 N–H and O–H groups in total. The maximum Gasteiger partial charge on any atom is 0.323 e. The number of thiazole rings is 1. The van der Waals surface area contributed by atoms with Crippen LogP contribution in [0.15, 0.2) is 12.1 Å². The Morgan fingerprint density at radius 3 is 2.45 bits per heavy atom. The van der Waals surface area contributed by atoms with E-state index in [1.807, 2.05) is 6.07 Å². The van der Waals surface area contributed by atoms with E-state index < -0.39 is 11.9 Å². The van der Waals surface area contributed by atoms with E-state index in [-0.39, 0.29) is 18.9 Å². The second-order valence-electron chi connectivity index (χ2n) is 6.48. The maximum absolute atomic E-state index is 12.7. The molecule has 11 heteroatoms. The largest absolute Gasteiger partial charge is 0.481 e. The van der Waals surface area contributed by atoms with Crippen molar-refractivity contribution in [2.75, 3.05) is 18.0 Å². The zero-order chi connectivity index (χ0) is 21.2. The summed E-state index contributed by atoms with van der Waals surface area (Å²) in [6.07, 6.45) is 3.11. The molecule has 0 spiro atoms. The Bertz CT molecular complexity index is 911. The number of H-pyrrole nitrogens is 1. The molecule has 0 aliphatic rings. The monoisotopic (exact) mass is 440 g/mol. The van der Waals surface area contributed by atoms with Crippen LogP contribution in [0.1, 0.15) is 44.9 Å². The fraction of sp³-hybridized carbons (Fsp3) is 0.500. The van der Waals surface area contributed by atoms with E-state index in [1.54, 1.807) is 6.07 Å². The lowest BCUT2D eigenvalue weighted by molar-refractivity contribution is -0.138. The molecule has 0 radical (unpaired) electrons. The number of carboxylic acids is 2. The van der Waals surface area contributed by atoms with Crippen molar-refractivity contribution < 1.29 is 24.6 Å². The third kappa shape index (κ3) is 7.78. The van der Waals surface area contributed by atoms with Gasteiger partial charge in [0.1, 0.15) is 10.6 Å². The first-order valence-electron chi connectivity index (χ1n) is 9.35. The van der Waals surface area contributed by atoms with Crippen molar-refractivity contribution in [3.05, 3.63) is 16.1 Å². The average Bonchev–Trinajstić information content (AvgIpc) is 3.03. The van der Waals surface area contributed by atoms with Gasteiger partial charge in [0.2, 0.25) is 0 Å². The van der Waals surface area contributed by atoms with Crippen molar-refractivity contribution in [1.82, 2.24) is 15.3 Å². The zero-order valence-corrected chi connectivity index (χ0v) is 17.5. The number of nitrogens with one attached hydrogen (secondary N) is 2. The number of rotatable bonds is 12. The number of amides is 2. The molecule has 9 nitrogen and oxygen atoms in total. The third-order valence-electron chi connectivity index (χ3n) is 4.16. The maximum atomic E-state index is 12.7. The van der Waals surface area contributed by atoms with Crippen LogP contribution in [0.4, 0.5) is 10.6 Å². The molecule has 29 heavy (non-hydrogen) atoms. The highest BCUT2D eigenvalue weighted by Crippen LogP contribution is 2.22. The number of hydrogen-bond donors (Lipinski definition) is 4. The van der Waals surface area contributed by atoms with Gasteiger partial charge in [0.05, 0.1) is 5.52 Å². The van der Waals surface area contributed by atoms with Crippen molar-refractivity contribution in [3.63, 3.8) is 0 Å². The number of aromatic amines is 1. The van der Waals surface area contributed by atoms with Crippen LogP contribution < -0.4 is 10.2 Å². The standard InChI is InChI=1S/C18H24N4O5S2/c23-14(24)6-2-1-4-10-19-17(27)22(11-5-3-7-15(25)26)13-9-8-12-16(21-13)29-18(28)20-12/h8-9H,1-7,10-11H2,(H,19,27)(H,20,28)(H,23,24)(H,25,26). The summed E-state index contributed by atoms with van der Waals surface area (Å²) in [6.45, 7) is 0.766. The fourth-order valence-electron chi connectivity index (χ4n) is 2.71. The van der Waals surface area contributed by atoms with E-state index in [9.17, 15) is 14.4 Å². The Kier molecular flexibility index (Phi) is 9.00. The van der Waals surface area contributed by atoms with Gasteiger partial charge in [0.15, 0.2) is 3.95 Å². The lowest BCUT2D eigenvalue weighted by Gasteiger charge is -2.22. The highest BCUT2D eigenvalue weighted by atomic mass is 32.1. The van der Waals surface area contributed by atoms with Gasteiger partial charge in [0.25, 0.3) is 0 Å². The summed E-state index contributed by atoms with van der Waals surface area (Å²) in [6, 6.07) is 3.22. The minimum absolute atomic E-state index is 0.0463. The molecule has 0 bridgehead atoms. The van der Waals surface area contributed by atoms with Gasteiger partial charge in [0, 0.05) is 25.9 Å². The molecule has 0 aliphatic carbocycles. The van der Waals surface area contributed by atoms with Gasteiger partial charge in [-0.15, -0.1) is 0 Å². The summed E-state index contributed by atoms with van der Waals surface area (Å²) in [4.78, 5) is 43.7. The van der Waals surface area contributed by atoms with Crippen LogP contribution in [0.5, 0.6) is 0 Å². The minimum Gasteiger partial charge on any atom is -0.481 e. The number of carbonyl (C=O) groups is 3. The van der Waals surface area contributed by atoms with Crippen LogP contribution in [-0.4, -0.2) is 51.2 Å². The number of carbonyl (C=O) groups excluding carboxylic acids is 1. The number of pyridine rings is 1. The topological polar surface area (TPSA) is 136 Å². The Morgan fingerprint density at radius 2 is 1.76 bits per heavy atom. The molecule has 0 saturated heterocycles. The Hall–Kier alpha value is -2.53. The van der Waals surface area contributed by atoms with E-state index >= 15 is 0 Å². The summed E-state index contributed by atoms with van der Waals surface area (Å²) >= 11 is 6.45. The van der Waals surface area contributed by atoms with Crippen molar-refractivity contribution in [2.45, 2.75) is 44.9 Å². The molecule has 0 fully saturated rings. The number of nitrogens with zero attached hydrogens (tertiary/aromatic N) is 2. The van der Waals surface area contributed by atoms with Gasteiger partial charge < -0.3 is 20.5 Å². The summed E-state index contributed by atoms with van der Waals surface area (Å²) in [7, 11) is 0. The Morgan fingerprint density at radius 1 is 1.07 bits per heavy atom. The predicted molar refractivity (Wildman–Crippen MR) is 113 cm³/mol. The molecule has 0 saturated carbocycles. The summed E-state index contributed by atoms with van der Waals surface area (Å²) in [5.74, 6) is -1.22. The highest BCUT2D eigenvalue weighted by Gasteiger charge is 2.17. The van der Waals surface area contributed by atoms with Gasteiger partial charge in [-0.25, -0.2) is 9.78 Å². The molecule has 2 aromatic heterocycles. The number of anilines is 1. The lowest BCUT2D eigenvalue weighted by Crippen LogP contribution is -2.41. The van der Waals surface area contributed by atoms with E-state index in [4.69, 9.17) is 22.4 Å². The molecule has 158 valence electrons. The number of hydrogen-bond acceptors (Lipinski definition) is 6. The Balaban J connectivity index is 1.99. The number of unbranched alkanes of at least 4 members (excludes halogenated alkanes) is 3. The summed E-state index contributed by atoms with van der Waals surface area (Å²) in [5, 5.41) is 20.3. The predicted octanol–water partition coefficient (Wildman–Crippen LogP) is 3.77. The summed E-state index contributed by atoms with van der Waals surface area (Å²) < 4.78 is 0.600. The molecule has 0 aromatic carbocycles. The fourth-order valence-corrected chi connectivity index (χ4v) is 3.76. The van der Waals surface area contributed by atoms with Crippen LogP contribution in [0.3, 0.4) is 0 Å². The molecule has 2 rings (SSSR count). The smallest absolute Gasteiger partial charge is 0.323 e. The first-order chi connectivity index (χ1) is 13.9. The molecule has 0 aliphatic heterocycles. The second kappa shape index (κ2) is 11.5. The van der Waals surface area contributed by atoms with E-state index in [0.717, 1.165) is 5.52 Å². The lowest BCUT2D eigenvalue weighted by atomic mass is 10.2. The van der Waals surface area contributed by atoms with Crippen LogP contribution >= 0.6 is 23.6 Å². The first kappa shape index (κ1) is 22.8. The van der Waals surface area contributed by atoms with Crippen molar-refractivity contribution in [2.24, 2.45) is 0 Å². The molecular weight excluding hydrogens is 416 g/mol. The van der Waals surface area contributed by atoms with Crippen molar-refractivity contribution >= 4 is 57.7 Å². The van der Waals surface area contributed by atoms with Gasteiger partial charge >= 0.3 is 18.0 Å². The SMILES string of the molecule is O=C(O)CCCCCNC(=O)N(CCCCC(=O)O)c1ccc2[nH]c(=S)sc2n1. The molecule has 2 amide bonds. The van der Waals surface area contributed by atoms with Crippen LogP contribution in [-0.2, 0) is 9.59 Å². The van der Waals surface area contributed by atoms with Crippen LogP contribution in [0.2, 0.25) is 0 Å². The van der Waals surface area contributed by atoms with Gasteiger partial charge in [-0.2, -0.15) is 0 Å². The normalized spacial score (nSPS) is 10.8. The van der Waals surface area contributed by atoms with Gasteiger partial charge in [-0.05, 0) is 50.0 Å². The molecule has 0 unspecified atom stereocenters. The average molecular weight is 441 g/mol. The number of fused-ring (bicyclic) bond motifs is 1.